The van der Waals surface area contributed by atoms with E-state index in [1.165, 1.54) is 25.7 Å². The predicted molar refractivity (Wildman–Crippen MR) is 94.7 cm³/mol. The van der Waals surface area contributed by atoms with E-state index in [1.807, 2.05) is 7.05 Å². The lowest BCUT2D eigenvalue weighted by Gasteiger charge is -2.32. The molecule has 0 aromatic carbocycles. The van der Waals surface area contributed by atoms with Gasteiger partial charge in [0.25, 0.3) is 0 Å². The summed E-state index contributed by atoms with van der Waals surface area (Å²) in [6.07, 6.45) is 7.97. The Hall–Kier alpha value is -0.430. The number of nitrogens with one attached hydrogen (secondary N) is 1. The molecular weight excluding hydrogens is 377 g/mol. The number of aryl methyl sites for hydroxylation is 1. The highest BCUT2D eigenvalue weighted by Gasteiger charge is 2.37. The molecule has 1 heterocycles. The van der Waals surface area contributed by atoms with Gasteiger partial charge in [0.1, 0.15) is 11.4 Å². The molecular formula is C16H26IN3O. The Morgan fingerprint density at radius 3 is 2.33 bits per heavy atom. The summed E-state index contributed by atoms with van der Waals surface area (Å²) in [6, 6.07) is 0. The van der Waals surface area contributed by atoms with E-state index in [-0.39, 0.29) is 5.60 Å². The van der Waals surface area contributed by atoms with E-state index in [4.69, 9.17) is 14.7 Å². The smallest absolute Gasteiger partial charge is 0.162 e. The van der Waals surface area contributed by atoms with Crippen molar-refractivity contribution in [3.8, 4) is 0 Å². The second-order valence-corrected chi connectivity index (χ2v) is 6.68. The number of hydrogen-bond donors (Lipinski definition) is 1. The second kappa shape index (κ2) is 7.72. The van der Waals surface area contributed by atoms with Crippen LogP contribution >= 0.6 is 22.6 Å². The Bertz CT molecular complexity index is 446. The van der Waals surface area contributed by atoms with E-state index in [1.54, 1.807) is 0 Å². The van der Waals surface area contributed by atoms with Crippen molar-refractivity contribution in [3.63, 3.8) is 0 Å². The van der Waals surface area contributed by atoms with Gasteiger partial charge in [0.05, 0.1) is 9.26 Å². The third kappa shape index (κ3) is 3.67. The Morgan fingerprint density at radius 1 is 1.14 bits per heavy atom. The lowest BCUT2D eigenvalue weighted by Crippen LogP contribution is -2.32. The molecule has 1 aromatic rings. The summed E-state index contributed by atoms with van der Waals surface area (Å²) in [7, 11) is 1.92. The van der Waals surface area contributed by atoms with Gasteiger partial charge in [-0.2, -0.15) is 0 Å². The maximum absolute atomic E-state index is 6.22. The first-order chi connectivity index (χ1) is 10.2. The number of nitrogens with zero attached hydrogens (tertiary/aromatic N) is 2. The summed E-state index contributed by atoms with van der Waals surface area (Å²) in [6.45, 7) is 4.93. The summed E-state index contributed by atoms with van der Waals surface area (Å²) in [4.78, 5) is 9.67. The normalized spacial score (nSPS) is 18.3. The van der Waals surface area contributed by atoms with Crippen molar-refractivity contribution in [1.82, 2.24) is 9.97 Å². The SMILES string of the molecule is CCOC1(c2nc(CC)c(I)c(NC)n2)CCCCCC1. The highest BCUT2D eigenvalue weighted by Crippen LogP contribution is 2.39. The fourth-order valence-corrected chi connectivity index (χ4v) is 4.00. The van der Waals surface area contributed by atoms with Crippen LogP contribution in [0.4, 0.5) is 5.82 Å². The molecule has 21 heavy (non-hydrogen) atoms. The van der Waals surface area contributed by atoms with Crippen molar-refractivity contribution < 1.29 is 4.74 Å². The lowest BCUT2D eigenvalue weighted by atomic mass is 9.92. The average molecular weight is 403 g/mol. The minimum atomic E-state index is -0.287. The van der Waals surface area contributed by atoms with Gasteiger partial charge in [-0.1, -0.05) is 32.6 Å². The van der Waals surface area contributed by atoms with Crippen LogP contribution in [-0.2, 0) is 16.8 Å². The third-order valence-electron chi connectivity index (χ3n) is 4.23. The molecule has 0 radical (unpaired) electrons. The number of aromatic nitrogens is 2. The van der Waals surface area contributed by atoms with E-state index in [9.17, 15) is 0 Å². The van der Waals surface area contributed by atoms with Crippen molar-refractivity contribution in [3.05, 3.63) is 15.1 Å². The van der Waals surface area contributed by atoms with Crippen LogP contribution in [0.15, 0.2) is 0 Å². The molecule has 1 aliphatic rings. The van der Waals surface area contributed by atoms with Crippen LogP contribution in [0.25, 0.3) is 0 Å². The number of halogens is 1. The van der Waals surface area contributed by atoms with Crippen LogP contribution in [0.2, 0.25) is 0 Å². The molecule has 0 unspecified atom stereocenters. The highest BCUT2D eigenvalue weighted by molar-refractivity contribution is 14.1. The van der Waals surface area contributed by atoms with E-state index < -0.39 is 0 Å². The van der Waals surface area contributed by atoms with Crippen LogP contribution in [0, 0.1) is 3.57 Å². The zero-order chi connectivity index (χ0) is 15.3. The average Bonchev–Trinajstić information content (AvgIpc) is 2.74. The molecule has 1 saturated carbocycles. The standard InChI is InChI=1S/C16H26IN3O/c1-4-12-13(17)14(18-3)20-15(19-12)16(21-5-2)10-8-6-7-9-11-16/h4-11H2,1-3H3,(H,18,19,20). The van der Waals surface area contributed by atoms with Gasteiger partial charge in [-0.3, -0.25) is 0 Å². The Kier molecular flexibility index (Phi) is 6.22. The van der Waals surface area contributed by atoms with Crippen molar-refractivity contribution in [2.24, 2.45) is 0 Å². The van der Waals surface area contributed by atoms with Crippen LogP contribution in [0.1, 0.15) is 63.9 Å². The fraction of sp³-hybridized carbons (Fsp3) is 0.750. The van der Waals surface area contributed by atoms with Crippen LogP contribution in [0.5, 0.6) is 0 Å². The van der Waals surface area contributed by atoms with Crippen molar-refractivity contribution in [2.75, 3.05) is 19.0 Å². The molecule has 0 amide bonds. The monoisotopic (exact) mass is 403 g/mol. The molecule has 2 rings (SSSR count). The maximum atomic E-state index is 6.22. The van der Waals surface area contributed by atoms with Gasteiger partial charge in [0.2, 0.25) is 0 Å². The summed E-state index contributed by atoms with van der Waals surface area (Å²) in [5.41, 5.74) is 0.832. The van der Waals surface area contributed by atoms with Gasteiger partial charge in [-0.05, 0) is 48.8 Å². The van der Waals surface area contributed by atoms with Gasteiger partial charge in [0, 0.05) is 13.7 Å². The Morgan fingerprint density at radius 2 is 1.81 bits per heavy atom. The van der Waals surface area contributed by atoms with Gasteiger partial charge in [-0.25, -0.2) is 9.97 Å². The maximum Gasteiger partial charge on any atom is 0.162 e. The van der Waals surface area contributed by atoms with Crippen molar-refractivity contribution >= 4 is 28.4 Å². The van der Waals surface area contributed by atoms with Crippen molar-refractivity contribution in [1.29, 1.82) is 0 Å². The fourth-order valence-electron chi connectivity index (χ4n) is 3.11. The van der Waals surface area contributed by atoms with E-state index in [0.717, 1.165) is 40.2 Å². The van der Waals surface area contributed by atoms with E-state index >= 15 is 0 Å². The minimum absolute atomic E-state index is 0.287. The molecule has 0 aliphatic heterocycles. The topological polar surface area (TPSA) is 47.0 Å². The molecule has 0 atom stereocenters. The zero-order valence-corrected chi connectivity index (χ0v) is 15.5. The molecule has 4 nitrogen and oxygen atoms in total. The van der Waals surface area contributed by atoms with Gasteiger partial charge >= 0.3 is 0 Å². The number of anilines is 1. The Balaban J connectivity index is 2.48. The molecule has 1 fully saturated rings. The van der Waals surface area contributed by atoms with Crippen LogP contribution in [-0.4, -0.2) is 23.6 Å². The first kappa shape index (κ1) is 16.9. The first-order valence-electron chi connectivity index (χ1n) is 8.05. The minimum Gasteiger partial charge on any atom is -0.372 e. The highest BCUT2D eigenvalue weighted by atomic mass is 127. The van der Waals surface area contributed by atoms with Gasteiger partial charge < -0.3 is 10.1 Å². The van der Waals surface area contributed by atoms with Gasteiger partial charge in [0.15, 0.2) is 5.82 Å². The molecule has 1 N–H and O–H groups in total. The molecule has 1 aliphatic carbocycles. The molecule has 0 bridgehead atoms. The van der Waals surface area contributed by atoms with E-state index in [0.29, 0.717) is 6.61 Å². The predicted octanol–water partition coefficient (Wildman–Crippen LogP) is 4.27. The second-order valence-electron chi connectivity index (χ2n) is 5.60. The Labute approximate surface area is 141 Å². The summed E-state index contributed by atoms with van der Waals surface area (Å²) < 4.78 is 7.35. The first-order valence-corrected chi connectivity index (χ1v) is 9.13. The quantitative estimate of drug-likeness (QED) is 0.589. The number of rotatable bonds is 5. The van der Waals surface area contributed by atoms with Crippen LogP contribution < -0.4 is 5.32 Å². The van der Waals surface area contributed by atoms with Crippen LogP contribution in [0.3, 0.4) is 0 Å². The van der Waals surface area contributed by atoms with E-state index in [2.05, 4.69) is 41.8 Å². The summed E-state index contributed by atoms with van der Waals surface area (Å²) in [5, 5.41) is 3.21. The molecule has 0 spiro atoms. The number of ether oxygens (including phenoxy) is 1. The van der Waals surface area contributed by atoms with Gasteiger partial charge in [-0.15, -0.1) is 0 Å². The molecule has 118 valence electrons. The molecule has 5 heteroatoms. The third-order valence-corrected chi connectivity index (χ3v) is 5.36. The summed E-state index contributed by atoms with van der Waals surface area (Å²) >= 11 is 2.33. The van der Waals surface area contributed by atoms with Crippen molar-refractivity contribution in [2.45, 2.75) is 64.4 Å². The molecule has 1 aromatic heterocycles. The largest absolute Gasteiger partial charge is 0.372 e. The summed E-state index contributed by atoms with van der Waals surface area (Å²) in [5.74, 6) is 1.81. The molecule has 0 saturated heterocycles. The number of hydrogen-bond acceptors (Lipinski definition) is 4. The zero-order valence-electron chi connectivity index (χ0n) is 13.3. The lowest BCUT2D eigenvalue weighted by molar-refractivity contribution is -0.0625.